The molecule has 0 saturated carbocycles. The topological polar surface area (TPSA) is 35.2 Å². The summed E-state index contributed by atoms with van der Waals surface area (Å²) in [6, 6.07) is 7.35. The molecule has 1 aromatic carbocycles. The maximum absolute atomic E-state index is 13.8. The Kier molecular flexibility index (Phi) is 4.27. The molecule has 0 bridgehead atoms. The van der Waals surface area contributed by atoms with Crippen LogP contribution in [0.1, 0.15) is 34.8 Å². The zero-order valence-electron chi connectivity index (χ0n) is 12.1. The fraction of sp³-hybridized carbons (Fsp3) is 0.412. The van der Waals surface area contributed by atoms with Crippen LogP contribution in [0.3, 0.4) is 0 Å². The van der Waals surface area contributed by atoms with E-state index in [1.54, 1.807) is 6.07 Å². The molecule has 1 aliphatic rings. The van der Waals surface area contributed by atoms with Gasteiger partial charge in [-0.3, -0.25) is 0 Å². The number of hydrogen-bond acceptors (Lipinski definition) is 3. The highest BCUT2D eigenvalue weighted by molar-refractivity contribution is 7.10. The molecule has 2 atom stereocenters. The van der Waals surface area contributed by atoms with Crippen molar-refractivity contribution in [3.63, 3.8) is 0 Å². The number of benzene rings is 1. The minimum atomic E-state index is -0.318. The third-order valence-electron chi connectivity index (χ3n) is 4.30. The summed E-state index contributed by atoms with van der Waals surface area (Å²) in [6.07, 6.45) is 4.20. The molecule has 0 saturated heterocycles. The zero-order valence-corrected chi connectivity index (χ0v) is 13.0. The molecule has 2 aromatic rings. The van der Waals surface area contributed by atoms with Crippen LogP contribution in [-0.4, -0.2) is 13.2 Å². The van der Waals surface area contributed by atoms with E-state index in [9.17, 15) is 4.39 Å². The van der Waals surface area contributed by atoms with Crippen molar-refractivity contribution in [3.05, 3.63) is 51.5 Å². The quantitative estimate of drug-likeness (QED) is 0.930. The van der Waals surface area contributed by atoms with E-state index in [4.69, 9.17) is 10.5 Å². The van der Waals surface area contributed by atoms with Crippen LogP contribution >= 0.6 is 11.3 Å². The molecular weight excluding hydrogens is 285 g/mol. The van der Waals surface area contributed by atoms with Crippen LogP contribution in [0.5, 0.6) is 5.75 Å². The number of halogens is 1. The van der Waals surface area contributed by atoms with E-state index in [1.807, 2.05) is 17.4 Å². The molecule has 112 valence electrons. The Morgan fingerprint density at radius 3 is 3.05 bits per heavy atom. The number of hydrogen-bond donors (Lipinski definition) is 1. The maximum Gasteiger partial charge on any atom is 0.165 e. The average Bonchev–Trinajstić information content (AvgIpc) is 2.95. The number of aryl methyl sites for hydroxylation is 1. The number of methoxy groups -OCH3 is 1. The molecule has 0 radical (unpaired) electrons. The molecule has 2 N–H and O–H groups in total. The first-order valence-electron chi connectivity index (χ1n) is 7.33. The molecule has 21 heavy (non-hydrogen) atoms. The Hall–Kier alpha value is -1.39. The highest BCUT2D eigenvalue weighted by Crippen LogP contribution is 2.37. The van der Waals surface area contributed by atoms with Crippen LogP contribution in [0.25, 0.3) is 0 Å². The SMILES string of the molecule is COc1ccc(CC(N)C2CCCc3sccc32)cc1F. The van der Waals surface area contributed by atoms with E-state index < -0.39 is 0 Å². The molecular formula is C17H20FNOS. The lowest BCUT2D eigenvalue weighted by Crippen LogP contribution is -2.32. The predicted octanol–water partition coefficient (Wildman–Crippen LogP) is 3.89. The van der Waals surface area contributed by atoms with Gasteiger partial charge in [0.05, 0.1) is 7.11 Å². The summed E-state index contributed by atoms with van der Waals surface area (Å²) >= 11 is 1.83. The molecule has 0 amide bonds. The van der Waals surface area contributed by atoms with Crippen LogP contribution in [-0.2, 0) is 12.8 Å². The summed E-state index contributed by atoms with van der Waals surface area (Å²) in [5.74, 6) is 0.359. The van der Waals surface area contributed by atoms with E-state index in [0.29, 0.717) is 12.3 Å². The predicted molar refractivity (Wildman–Crippen MR) is 84.6 cm³/mol. The molecule has 1 heterocycles. The largest absolute Gasteiger partial charge is 0.494 e. The highest BCUT2D eigenvalue weighted by Gasteiger charge is 2.26. The Morgan fingerprint density at radius 2 is 2.29 bits per heavy atom. The second kappa shape index (κ2) is 6.16. The van der Waals surface area contributed by atoms with E-state index >= 15 is 0 Å². The monoisotopic (exact) mass is 305 g/mol. The number of thiophene rings is 1. The first-order valence-corrected chi connectivity index (χ1v) is 8.21. The lowest BCUT2D eigenvalue weighted by molar-refractivity contribution is 0.385. The summed E-state index contributed by atoms with van der Waals surface area (Å²) in [5.41, 5.74) is 8.77. The van der Waals surface area contributed by atoms with Gasteiger partial charge in [0.1, 0.15) is 0 Å². The Balaban J connectivity index is 1.75. The summed E-state index contributed by atoms with van der Waals surface area (Å²) in [4.78, 5) is 1.47. The van der Waals surface area contributed by atoms with Crippen molar-refractivity contribution in [1.82, 2.24) is 0 Å². The van der Waals surface area contributed by atoms with Gasteiger partial charge in [-0.05, 0) is 60.4 Å². The maximum atomic E-state index is 13.8. The number of nitrogens with two attached hydrogens (primary N) is 1. The normalized spacial score (nSPS) is 19.1. The van der Waals surface area contributed by atoms with Crippen LogP contribution < -0.4 is 10.5 Å². The molecule has 0 spiro atoms. The third-order valence-corrected chi connectivity index (χ3v) is 5.30. The summed E-state index contributed by atoms with van der Waals surface area (Å²) < 4.78 is 18.7. The van der Waals surface area contributed by atoms with Crippen LogP contribution in [0.4, 0.5) is 4.39 Å². The highest BCUT2D eigenvalue weighted by atomic mass is 32.1. The lowest BCUT2D eigenvalue weighted by Gasteiger charge is -2.28. The van der Waals surface area contributed by atoms with Gasteiger partial charge in [0.2, 0.25) is 0 Å². The van der Waals surface area contributed by atoms with Gasteiger partial charge in [0.25, 0.3) is 0 Å². The fourth-order valence-corrected chi connectivity index (χ4v) is 4.21. The Bertz CT molecular complexity index is 625. The summed E-state index contributed by atoms with van der Waals surface area (Å²) in [7, 11) is 1.48. The molecule has 1 aliphatic carbocycles. The van der Waals surface area contributed by atoms with Crippen molar-refractivity contribution in [1.29, 1.82) is 0 Å². The lowest BCUT2D eigenvalue weighted by atomic mass is 9.81. The van der Waals surface area contributed by atoms with Crippen molar-refractivity contribution >= 4 is 11.3 Å². The standard InChI is InChI=1S/C17H20FNOS/c1-20-16-6-5-11(9-14(16)18)10-15(19)12-3-2-4-17-13(12)7-8-21-17/h5-9,12,15H,2-4,10,19H2,1H3. The number of fused-ring (bicyclic) bond motifs is 1. The molecule has 4 heteroatoms. The second-order valence-corrected chi connectivity index (χ2v) is 6.64. The summed E-state index contributed by atoms with van der Waals surface area (Å²) in [5, 5.41) is 2.16. The number of rotatable bonds is 4. The van der Waals surface area contributed by atoms with Gasteiger partial charge >= 0.3 is 0 Å². The van der Waals surface area contributed by atoms with Crippen molar-refractivity contribution < 1.29 is 9.13 Å². The Morgan fingerprint density at radius 1 is 1.43 bits per heavy atom. The van der Waals surface area contributed by atoms with Crippen LogP contribution in [0.15, 0.2) is 29.6 Å². The van der Waals surface area contributed by atoms with E-state index in [2.05, 4.69) is 11.4 Å². The van der Waals surface area contributed by atoms with E-state index in [-0.39, 0.29) is 17.6 Å². The first-order chi connectivity index (χ1) is 10.2. The van der Waals surface area contributed by atoms with Crippen molar-refractivity contribution in [2.45, 2.75) is 37.6 Å². The Labute approximate surface area is 128 Å². The van der Waals surface area contributed by atoms with E-state index in [1.165, 1.54) is 36.5 Å². The fourth-order valence-electron chi connectivity index (χ4n) is 3.22. The van der Waals surface area contributed by atoms with Gasteiger partial charge < -0.3 is 10.5 Å². The smallest absolute Gasteiger partial charge is 0.165 e. The van der Waals surface area contributed by atoms with E-state index in [0.717, 1.165) is 12.0 Å². The second-order valence-electron chi connectivity index (χ2n) is 5.63. The molecule has 1 aromatic heterocycles. The van der Waals surface area contributed by atoms with Gasteiger partial charge in [-0.15, -0.1) is 11.3 Å². The number of ether oxygens (including phenoxy) is 1. The zero-order chi connectivity index (χ0) is 14.8. The van der Waals surface area contributed by atoms with Crippen molar-refractivity contribution in [3.8, 4) is 5.75 Å². The van der Waals surface area contributed by atoms with Crippen LogP contribution in [0.2, 0.25) is 0 Å². The van der Waals surface area contributed by atoms with Gasteiger partial charge in [0, 0.05) is 16.8 Å². The minimum absolute atomic E-state index is 0.0337. The van der Waals surface area contributed by atoms with Gasteiger partial charge in [-0.25, -0.2) is 4.39 Å². The average molecular weight is 305 g/mol. The molecule has 2 unspecified atom stereocenters. The minimum Gasteiger partial charge on any atom is -0.494 e. The molecule has 3 rings (SSSR count). The molecule has 0 aliphatic heterocycles. The molecule has 0 fully saturated rings. The van der Waals surface area contributed by atoms with Gasteiger partial charge in [0.15, 0.2) is 11.6 Å². The first kappa shape index (κ1) is 14.5. The van der Waals surface area contributed by atoms with Crippen LogP contribution in [0, 0.1) is 5.82 Å². The van der Waals surface area contributed by atoms with Gasteiger partial charge in [-0.2, -0.15) is 0 Å². The summed E-state index contributed by atoms with van der Waals surface area (Å²) in [6.45, 7) is 0. The van der Waals surface area contributed by atoms with Crippen molar-refractivity contribution in [2.75, 3.05) is 7.11 Å². The third kappa shape index (κ3) is 2.97. The van der Waals surface area contributed by atoms with Crippen molar-refractivity contribution in [2.24, 2.45) is 5.73 Å². The molecule has 2 nitrogen and oxygen atoms in total. The van der Waals surface area contributed by atoms with Gasteiger partial charge in [-0.1, -0.05) is 6.07 Å².